The van der Waals surface area contributed by atoms with E-state index < -0.39 is 0 Å². The predicted octanol–water partition coefficient (Wildman–Crippen LogP) is 2.21. The molecule has 5 heteroatoms. The van der Waals surface area contributed by atoms with Gasteiger partial charge in [0.1, 0.15) is 11.5 Å². The van der Waals surface area contributed by atoms with Gasteiger partial charge in [0.25, 0.3) is 0 Å². The third-order valence-electron chi connectivity index (χ3n) is 4.04. The van der Waals surface area contributed by atoms with E-state index in [0.29, 0.717) is 31.2 Å². The highest BCUT2D eigenvalue weighted by atomic mass is 16.3. The van der Waals surface area contributed by atoms with E-state index in [1.807, 2.05) is 26.0 Å². The molecular formula is C16H22N2O3. The number of hydrogen-bond donors (Lipinski definition) is 1. The van der Waals surface area contributed by atoms with E-state index >= 15 is 0 Å². The van der Waals surface area contributed by atoms with Gasteiger partial charge in [-0.3, -0.25) is 14.5 Å². The molecule has 3 rings (SSSR count). The quantitative estimate of drug-likeness (QED) is 0.845. The van der Waals surface area contributed by atoms with Crippen molar-refractivity contribution >= 4 is 11.8 Å². The second-order valence-electron chi connectivity index (χ2n) is 6.91. The predicted molar refractivity (Wildman–Crippen MR) is 77.1 cm³/mol. The van der Waals surface area contributed by atoms with E-state index in [-0.39, 0.29) is 23.8 Å². The Kier molecular flexibility index (Phi) is 3.61. The summed E-state index contributed by atoms with van der Waals surface area (Å²) < 4.78 is 5.70. The van der Waals surface area contributed by atoms with Crippen molar-refractivity contribution in [3.8, 4) is 0 Å². The number of carbonyl (C=O) groups excluding carboxylic acids is 2. The van der Waals surface area contributed by atoms with E-state index in [2.05, 4.69) is 5.32 Å². The van der Waals surface area contributed by atoms with Crippen molar-refractivity contribution in [2.24, 2.45) is 5.41 Å². The van der Waals surface area contributed by atoms with Gasteiger partial charge in [-0.2, -0.15) is 0 Å². The minimum Gasteiger partial charge on any atom is -0.463 e. The summed E-state index contributed by atoms with van der Waals surface area (Å²) in [5.74, 6) is 1.31. The summed E-state index contributed by atoms with van der Waals surface area (Å²) in [4.78, 5) is 25.5. The van der Waals surface area contributed by atoms with Crippen LogP contribution in [0, 0.1) is 5.41 Å². The van der Waals surface area contributed by atoms with Crippen LogP contribution < -0.4 is 5.32 Å². The Labute approximate surface area is 124 Å². The molecule has 2 fully saturated rings. The third kappa shape index (κ3) is 3.53. The van der Waals surface area contributed by atoms with Crippen LogP contribution in [0.3, 0.4) is 0 Å². The van der Waals surface area contributed by atoms with Crippen molar-refractivity contribution in [2.75, 3.05) is 0 Å². The average Bonchev–Trinajstić information content (AvgIpc) is 3.10. The first kappa shape index (κ1) is 14.3. The largest absolute Gasteiger partial charge is 0.463 e. The van der Waals surface area contributed by atoms with Crippen LogP contribution in [0.4, 0.5) is 0 Å². The number of imide groups is 1. The lowest BCUT2D eigenvalue weighted by molar-refractivity contribution is -0.153. The molecule has 1 aliphatic heterocycles. The topological polar surface area (TPSA) is 62.6 Å². The van der Waals surface area contributed by atoms with Crippen LogP contribution >= 0.6 is 0 Å². The first-order valence-corrected chi connectivity index (χ1v) is 7.57. The summed E-state index contributed by atoms with van der Waals surface area (Å²) in [6.45, 7) is 4.86. The summed E-state index contributed by atoms with van der Waals surface area (Å²) in [6.07, 6.45) is 3.30. The number of furan rings is 1. The standard InChI is InChI=1S/C16H22N2O3/c1-16(2)7-14(19)18(15(20)8-16)10-13-6-5-12(21-13)9-17-11-3-4-11/h5-6,11,17H,3-4,7-10H2,1-2H3. The third-order valence-corrected chi connectivity index (χ3v) is 4.04. The van der Waals surface area contributed by atoms with Crippen LogP contribution in [-0.4, -0.2) is 22.8 Å². The SMILES string of the molecule is CC1(C)CC(=O)N(Cc2ccc(CNC3CC3)o2)C(=O)C1. The normalized spacial score (nSPS) is 21.9. The fraction of sp³-hybridized carbons (Fsp3) is 0.625. The second kappa shape index (κ2) is 5.30. The Balaban J connectivity index is 1.60. The molecular weight excluding hydrogens is 268 g/mol. The van der Waals surface area contributed by atoms with Gasteiger partial charge in [-0.05, 0) is 30.4 Å². The molecule has 1 N–H and O–H groups in total. The maximum atomic E-state index is 12.1. The first-order valence-electron chi connectivity index (χ1n) is 7.57. The van der Waals surface area contributed by atoms with Gasteiger partial charge < -0.3 is 9.73 Å². The number of likely N-dealkylation sites (tertiary alicyclic amines) is 1. The van der Waals surface area contributed by atoms with Crippen LogP contribution in [-0.2, 0) is 22.7 Å². The van der Waals surface area contributed by atoms with E-state index in [4.69, 9.17) is 4.42 Å². The number of carbonyl (C=O) groups is 2. The maximum Gasteiger partial charge on any atom is 0.230 e. The molecule has 5 nitrogen and oxygen atoms in total. The summed E-state index contributed by atoms with van der Waals surface area (Å²) in [7, 11) is 0. The summed E-state index contributed by atoms with van der Waals surface area (Å²) in [6, 6.07) is 4.39. The molecule has 0 atom stereocenters. The zero-order valence-electron chi connectivity index (χ0n) is 12.6. The highest BCUT2D eigenvalue weighted by Crippen LogP contribution is 2.32. The lowest BCUT2D eigenvalue weighted by Gasteiger charge is -2.34. The van der Waals surface area contributed by atoms with Crippen LogP contribution in [0.5, 0.6) is 0 Å². The van der Waals surface area contributed by atoms with E-state index in [0.717, 1.165) is 5.76 Å². The summed E-state index contributed by atoms with van der Waals surface area (Å²) in [5.41, 5.74) is -0.229. The van der Waals surface area contributed by atoms with E-state index in [1.54, 1.807) is 0 Å². The number of nitrogens with zero attached hydrogens (tertiary/aromatic N) is 1. The highest BCUT2D eigenvalue weighted by Gasteiger charge is 2.37. The Morgan fingerprint density at radius 3 is 2.43 bits per heavy atom. The van der Waals surface area contributed by atoms with Crippen LogP contribution in [0.15, 0.2) is 16.5 Å². The molecule has 2 amide bonds. The van der Waals surface area contributed by atoms with Gasteiger partial charge in [0.15, 0.2) is 0 Å². The smallest absolute Gasteiger partial charge is 0.230 e. The minimum atomic E-state index is -0.229. The zero-order valence-corrected chi connectivity index (χ0v) is 12.6. The zero-order chi connectivity index (χ0) is 15.0. The van der Waals surface area contributed by atoms with Gasteiger partial charge in [-0.25, -0.2) is 0 Å². The van der Waals surface area contributed by atoms with Crippen LogP contribution in [0.2, 0.25) is 0 Å². The summed E-state index contributed by atoms with van der Waals surface area (Å²) in [5, 5.41) is 3.38. The van der Waals surface area contributed by atoms with Gasteiger partial charge in [-0.1, -0.05) is 13.8 Å². The number of rotatable bonds is 5. The molecule has 0 aromatic carbocycles. The van der Waals surface area contributed by atoms with Crippen molar-refractivity contribution in [3.05, 3.63) is 23.7 Å². The molecule has 21 heavy (non-hydrogen) atoms. The number of piperidine rings is 1. The van der Waals surface area contributed by atoms with Crippen molar-refractivity contribution < 1.29 is 14.0 Å². The number of nitrogens with one attached hydrogen (secondary N) is 1. The van der Waals surface area contributed by atoms with Crippen molar-refractivity contribution in [1.82, 2.24) is 10.2 Å². The van der Waals surface area contributed by atoms with Gasteiger partial charge in [0, 0.05) is 18.9 Å². The highest BCUT2D eigenvalue weighted by molar-refractivity contribution is 5.98. The monoisotopic (exact) mass is 290 g/mol. The molecule has 1 aromatic heterocycles. The Bertz CT molecular complexity index is 538. The Hall–Kier alpha value is -1.62. The molecule has 1 saturated heterocycles. The first-order chi connectivity index (χ1) is 9.93. The molecule has 0 spiro atoms. The lowest BCUT2D eigenvalue weighted by Crippen LogP contribution is -2.45. The molecule has 0 radical (unpaired) electrons. The molecule has 0 unspecified atom stereocenters. The molecule has 1 aliphatic carbocycles. The summed E-state index contributed by atoms with van der Waals surface area (Å²) >= 11 is 0. The molecule has 1 saturated carbocycles. The van der Waals surface area contributed by atoms with Crippen molar-refractivity contribution in [2.45, 2.75) is 58.7 Å². The fourth-order valence-electron chi connectivity index (χ4n) is 2.68. The van der Waals surface area contributed by atoms with Crippen LogP contribution in [0.25, 0.3) is 0 Å². The molecule has 0 bridgehead atoms. The fourth-order valence-corrected chi connectivity index (χ4v) is 2.68. The van der Waals surface area contributed by atoms with Gasteiger partial charge >= 0.3 is 0 Å². The van der Waals surface area contributed by atoms with Gasteiger partial charge in [-0.15, -0.1) is 0 Å². The Morgan fingerprint density at radius 1 is 1.19 bits per heavy atom. The van der Waals surface area contributed by atoms with E-state index in [9.17, 15) is 9.59 Å². The minimum absolute atomic E-state index is 0.106. The number of amides is 2. The van der Waals surface area contributed by atoms with Crippen molar-refractivity contribution in [3.63, 3.8) is 0 Å². The lowest BCUT2D eigenvalue weighted by atomic mass is 9.82. The maximum absolute atomic E-state index is 12.1. The molecule has 2 aliphatic rings. The van der Waals surface area contributed by atoms with Crippen LogP contribution in [0.1, 0.15) is 51.1 Å². The number of hydrogen-bond acceptors (Lipinski definition) is 4. The van der Waals surface area contributed by atoms with E-state index in [1.165, 1.54) is 17.7 Å². The molecule has 2 heterocycles. The van der Waals surface area contributed by atoms with Gasteiger partial charge in [0.2, 0.25) is 11.8 Å². The Morgan fingerprint density at radius 2 is 1.81 bits per heavy atom. The van der Waals surface area contributed by atoms with Gasteiger partial charge in [0.05, 0.1) is 13.1 Å². The molecule has 114 valence electrons. The average molecular weight is 290 g/mol. The molecule has 1 aromatic rings. The van der Waals surface area contributed by atoms with Crippen molar-refractivity contribution in [1.29, 1.82) is 0 Å². The second-order valence-corrected chi connectivity index (χ2v) is 6.91.